The highest BCUT2D eigenvalue weighted by Gasteiger charge is 2.12. The van der Waals surface area contributed by atoms with E-state index in [-0.39, 0.29) is 5.91 Å². The first-order valence-corrected chi connectivity index (χ1v) is 6.96. The highest BCUT2D eigenvalue weighted by molar-refractivity contribution is 6.42. The van der Waals surface area contributed by atoms with Crippen LogP contribution >= 0.6 is 23.2 Å². The topological polar surface area (TPSA) is 44.1 Å². The third kappa shape index (κ3) is 3.75. The van der Waals surface area contributed by atoms with Gasteiger partial charge in [-0.3, -0.25) is 4.79 Å². The second-order valence-corrected chi connectivity index (χ2v) is 5.41. The van der Waals surface area contributed by atoms with E-state index >= 15 is 0 Å². The lowest BCUT2D eigenvalue weighted by molar-refractivity contribution is 0.0785. The Morgan fingerprint density at radius 3 is 2.38 bits per heavy atom. The van der Waals surface area contributed by atoms with Crippen molar-refractivity contribution in [1.82, 2.24) is 4.90 Å². The molecule has 5 heteroatoms. The Hall–Kier alpha value is -2.02. The zero-order valence-corrected chi connectivity index (χ0v) is 12.8. The molecule has 21 heavy (non-hydrogen) atoms. The number of nitrogens with zero attached hydrogens (tertiary/aromatic N) is 2. The monoisotopic (exact) mass is 318 g/mol. The molecule has 106 valence electrons. The quantitative estimate of drug-likeness (QED) is 0.853. The summed E-state index contributed by atoms with van der Waals surface area (Å²) in [6.45, 7) is 0.426. The van der Waals surface area contributed by atoms with Gasteiger partial charge in [-0.1, -0.05) is 29.3 Å². The van der Waals surface area contributed by atoms with Crippen molar-refractivity contribution >= 4 is 29.1 Å². The molecule has 2 aromatic carbocycles. The molecule has 0 bridgehead atoms. The van der Waals surface area contributed by atoms with Crippen LogP contribution in [0.15, 0.2) is 42.5 Å². The second-order valence-electron chi connectivity index (χ2n) is 4.60. The number of carbonyl (C=O) groups excluding carboxylic acids is 1. The normalized spacial score (nSPS) is 10.0. The Kier molecular flexibility index (Phi) is 4.85. The molecule has 0 saturated heterocycles. The van der Waals surface area contributed by atoms with Gasteiger partial charge in [0.15, 0.2) is 0 Å². The zero-order valence-electron chi connectivity index (χ0n) is 11.3. The van der Waals surface area contributed by atoms with Crippen molar-refractivity contribution in [2.45, 2.75) is 6.54 Å². The summed E-state index contributed by atoms with van der Waals surface area (Å²) in [6.07, 6.45) is 0. The summed E-state index contributed by atoms with van der Waals surface area (Å²) in [7, 11) is 1.71. The smallest absolute Gasteiger partial charge is 0.253 e. The number of rotatable bonds is 3. The number of hydrogen-bond donors (Lipinski definition) is 0. The van der Waals surface area contributed by atoms with Crippen LogP contribution in [0.2, 0.25) is 10.0 Å². The van der Waals surface area contributed by atoms with Gasteiger partial charge in [0.1, 0.15) is 0 Å². The number of halogens is 2. The van der Waals surface area contributed by atoms with Crippen molar-refractivity contribution in [2.75, 3.05) is 7.05 Å². The summed E-state index contributed by atoms with van der Waals surface area (Å²) < 4.78 is 0. The average molecular weight is 319 g/mol. The molecule has 3 nitrogen and oxygen atoms in total. The average Bonchev–Trinajstić information content (AvgIpc) is 2.50. The van der Waals surface area contributed by atoms with Crippen molar-refractivity contribution in [3.05, 3.63) is 69.2 Å². The minimum absolute atomic E-state index is 0.120. The molecule has 1 amide bonds. The Bertz CT molecular complexity index is 705. The van der Waals surface area contributed by atoms with E-state index in [4.69, 9.17) is 28.5 Å². The van der Waals surface area contributed by atoms with Crippen LogP contribution in [-0.2, 0) is 6.54 Å². The molecular weight excluding hydrogens is 307 g/mol. The standard InChI is InChI=1S/C16H12Cl2N2O/c1-20(10-12-4-7-14(17)15(18)8-12)16(21)13-5-2-11(9-19)3-6-13/h2-8H,10H2,1H3. The number of nitriles is 1. The molecule has 0 unspecified atom stereocenters. The first-order valence-electron chi connectivity index (χ1n) is 6.21. The maximum atomic E-state index is 12.3. The molecule has 0 aromatic heterocycles. The molecule has 0 atom stereocenters. The lowest BCUT2D eigenvalue weighted by Crippen LogP contribution is -2.26. The van der Waals surface area contributed by atoms with Crippen LogP contribution in [0.4, 0.5) is 0 Å². The van der Waals surface area contributed by atoms with Crippen LogP contribution in [0.1, 0.15) is 21.5 Å². The van der Waals surface area contributed by atoms with Gasteiger partial charge in [0.2, 0.25) is 0 Å². The van der Waals surface area contributed by atoms with Gasteiger partial charge in [0.25, 0.3) is 5.91 Å². The van der Waals surface area contributed by atoms with Gasteiger partial charge in [0, 0.05) is 19.2 Å². The molecule has 0 N–H and O–H groups in total. The van der Waals surface area contributed by atoms with Crippen LogP contribution in [0.3, 0.4) is 0 Å². The fraction of sp³-hybridized carbons (Fsp3) is 0.125. The minimum atomic E-state index is -0.120. The molecule has 2 aromatic rings. The lowest BCUT2D eigenvalue weighted by atomic mass is 10.1. The molecule has 0 fully saturated rings. The highest BCUT2D eigenvalue weighted by Crippen LogP contribution is 2.23. The van der Waals surface area contributed by atoms with Gasteiger partial charge in [-0.2, -0.15) is 5.26 Å². The van der Waals surface area contributed by atoms with Crippen molar-refractivity contribution in [1.29, 1.82) is 5.26 Å². The zero-order chi connectivity index (χ0) is 15.4. The Morgan fingerprint density at radius 2 is 1.81 bits per heavy atom. The van der Waals surface area contributed by atoms with E-state index in [0.717, 1.165) is 5.56 Å². The van der Waals surface area contributed by atoms with E-state index < -0.39 is 0 Å². The second kappa shape index (κ2) is 6.62. The SMILES string of the molecule is CN(Cc1ccc(Cl)c(Cl)c1)C(=O)c1ccc(C#N)cc1. The van der Waals surface area contributed by atoms with Crippen molar-refractivity contribution in [3.63, 3.8) is 0 Å². The molecule has 0 aliphatic heterocycles. The Morgan fingerprint density at radius 1 is 1.14 bits per heavy atom. The van der Waals surface area contributed by atoms with E-state index in [1.165, 1.54) is 0 Å². The van der Waals surface area contributed by atoms with Gasteiger partial charge in [0.05, 0.1) is 21.7 Å². The van der Waals surface area contributed by atoms with E-state index in [9.17, 15) is 4.79 Å². The summed E-state index contributed by atoms with van der Waals surface area (Å²) in [5.41, 5.74) is 1.96. The minimum Gasteiger partial charge on any atom is -0.337 e. The van der Waals surface area contributed by atoms with Crippen LogP contribution in [0, 0.1) is 11.3 Å². The van der Waals surface area contributed by atoms with Crippen molar-refractivity contribution < 1.29 is 4.79 Å². The van der Waals surface area contributed by atoms with Crippen LogP contribution < -0.4 is 0 Å². The largest absolute Gasteiger partial charge is 0.337 e. The van der Waals surface area contributed by atoms with Gasteiger partial charge in [-0.15, -0.1) is 0 Å². The molecule has 0 saturated carbocycles. The molecule has 0 aliphatic rings. The molecule has 0 aliphatic carbocycles. The maximum Gasteiger partial charge on any atom is 0.253 e. The number of amides is 1. The van der Waals surface area contributed by atoms with Crippen LogP contribution in [0.25, 0.3) is 0 Å². The summed E-state index contributed by atoms with van der Waals surface area (Å²) in [6, 6.07) is 13.8. The third-order valence-electron chi connectivity index (χ3n) is 3.01. The van der Waals surface area contributed by atoms with E-state index in [0.29, 0.717) is 27.7 Å². The molecule has 0 heterocycles. The molecule has 0 radical (unpaired) electrons. The molecule has 2 rings (SSSR count). The van der Waals surface area contributed by atoms with E-state index in [2.05, 4.69) is 0 Å². The maximum absolute atomic E-state index is 12.3. The van der Waals surface area contributed by atoms with Crippen LogP contribution in [-0.4, -0.2) is 17.9 Å². The Labute approximate surface area is 133 Å². The van der Waals surface area contributed by atoms with Gasteiger partial charge in [-0.25, -0.2) is 0 Å². The van der Waals surface area contributed by atoms with Crippen molar-refractivity contribution in [3.8, 4) is 6.07 Å². The predicted molar refractivity (Wildman–Crippen MR) is 83.4 cm³/mol. The van der Waals surface area contributed by atoms with E-state index in [1.807, 2.05) is 12.1 Å². The Balaban J connectivity index is 2.11. The summed E-state index contributed by atoms with van der Waals surface area (Å²) in [5, 5.41) is 9.70. The number of benzene rings is 2. The molecular formula is C16H12Cl2N2O. The number of carbonyl (C=O) groups is 1. The molecule has 0 spiro atoms. The van der Waals surface area contributed by atoms with Gasteiger partial charge in [-0.05, 0) is 42.0 Å². The summed E-state index contributed by atoms with van der Waals surface area (Å²) in [5.74, 6) is -0.120. The van der Waals surface area contributed by atoms with E-state index in [1.54, 1.807) is 48.3 Å². The summed E-state index contributed by atoms with van der Waals surface area (Å²) >= 11 is 11.8. The van der Waals surface area contributed by atoms with Gasteiger partial charge < -0.3 is 4.90 Å². The fourth-order valence-corrected chi connectivity index (χ4v) is 2.21. The fourth-order valence-electron chi connectivity index (χ4n) is 1.89. The third-order valence-corrected chi connectivity index (χ3v) is 3.75. The first kappa shape index (κ1) is 15.4. The summed E-state index contributed by atoms with van der Waals surface area (Å²) in [4.78, 5) is 13.9. The lowest BCUT2D eigenvalue weighted by Gasteiger charge is -2.17. The first-order chi connectivity index (χ1) is 10.0. The predicted octanol–water partition coefficient (Wildman–Crippen LogP) is 4.14. The van der Waals surface area contributed by atoms with Crippen molar-refractivity contribution in [2.24, 2.45) is 0 Å². The number of hydrogen-bond acceptors (Lipinski definition) is 2. The van der Waals surface area contributed by atoms with Crippen LogP contribution in [0.5, 0.6) is 0 Å². The highest BCUT2D eigenvalue weighted by atomic mass is 35.5. The van der Waals surface area contributed by atoms with Gasteiger partial charge >= 0.3 is 0 Å².